The summed E-state index contributed by atoms with van der Waals surface area (Å²) in [5.74, 6) is 1.54. The van der Waals surface area contributed by atoms with Crippen molar-refractivity contribution in [2.24, 2.45) is 5.92 Å². The van der Waals surface area contributed by atoms with E-state index in [2.05, 4.69) is 44.3 Å². The summed E-state index contributed by atoms with van der Waals surface area (Å²) < 4.78 is 5.90. The number of nitrogens with one attached hydrogen (secondary N) is 1. The predicted octanol–water partition coefficient (Wildman–Crippen LogP) is 3.15. The molecule has 18 heavy (non-hydrogen) atoms. The summed E-state index contributed by atoms with van der Waals surface area (Å²) in [5.41, 5.74) is 2.62. The molecule has 1 aliphatic heterocycles. The van der Waals surface area contributed by atoms with E-state index < -0.39 is 0 Å². The Bertz CT molecular complexity index is 405. The van der Waals surface area contributed by atoms with Crippen LogP contribution >= 0.6 is 11.6 Å². The molecule has 0 saturated carbocycles. The molecule has 1 aromatic carbocycles. The van der Waals surface area contributed by atoms with E-state index in [-0.39, 0.29) is 11.5 Å². The van der Waals surface area contributed by atoms with Crippen molar-refractivity contribution in [1.82, 2.24) is 5.32 Å². The minimum atomic E-state index is 0.191. The molecule has 0 fully saturated rings. The topological polar surface area (TPSA) is 21.3 Å². The van der Waals surface area contributed by atoms with Gasteiger partial charge in [-0.25, -0.2) is 0 Å². The Kier molecular flexibility index (Phi) is 4.52. The van der Waals surface area contributed by atoms with Gasteiger partial charge in [-0.1, -0.05) is 31.5 Å². The number of ether oxygens (including phenoxy) is 1. The molecular formula is C15H22ClNO. The first-order chi connectivity index (χ1) is 8.56. The van der Waals surface area contributed by atoms with E-state index in [9.17, 15) is 0 Å². The fraction of sp³-hybridized carbons (Fsp3) is 0.600. The van der Waals surface area contributed by atoms with Crippen LogP contribution in [0, 0.1) is 12.8 Å². The van der Waals surface area contributed by atoms with Gasteiger partial charge in [0.2, 0.25) is 0 Å². The van der Waals surface area contributed by atoms with E-state index in [0.29, 0.717) is 5.92 Å². The van der Waals surface area contributed by atoms with Crippen LogP contribution in [0.25, 0.3) is 0 Å². The molecule has 0 aliphatic carbocycles. The highest BCUT2D eigenvalue weighted by Crippen LogP contribution is 2.29. The second kappa shape index (κ2) is 5.94. The normalized spacial score (nSPS) is 19.7. The van der Waals surface area contributed by atoms with Gasteiger partial charge in [0.15, 0.2) is 0 Å². The van der Waals surface area contributed by atoms with Gasteiger partial charge >= 0.3 is 0 Å². The summed E-state index contributed by atoms with van der Waals surface area (Å²) in [5, 5.41) is 3.59. The minimum Gasteiger partial charge on any atom is -0.488 e. The maximum absolute atomic E-state index is 6.21. The molecule has 2 unspecified atom stereocenters. The molecule has 0 amide bonds. The lowest BCUT2D eigenvalue weighted by Crippen LogP contribution is -2.35. The lowest BCUT2D eigenvalue weighted by atomic mass is 10.1. The first-order valence-corrected chi connectivity index (χ1v) is 7.11. The second-order valence-electron chi connectivity index (χ2n) is 5.47. The highest BCUT2D eigenvalue weighted by atomic mass is 35.5. The molecule has 2 nitrogen and oxygen atoms in total. The van der Waals surface area contributed by atoms with Crippen molar-refractivity contribution < 1.29 is 4.74 Å². The number of hydrogen-bond acceptors (Lipinski definition) is 2. The SMILES string of the molecule is Cc1ccc2c(c1)CC(CNCC(Cl)C(C)C)O2. The summed E-state index contributed by atoms with van der Waals surface area (Å²) in [4.78, 5) is 0. The Morgan fingerprint density at radius 1 is 1.44 bits per heavy atom. The maximum Gasteiger partial charge on any atom is 0.123 e. The molecule has 0 radical (unpaired) electrons. The fourth-order valence-electron chi connectivity index (χ4n) is 2.18. The van der Waals surface area contributed by atoms with Crippen LogP contribution in [-0.2, 0) is 6.42 Å². The van der Waals surface area contributed by atoms with Gasteiger partial charge in [-0.3, -0.25) is 0 Å². The first-order valence-electron chi connectivity index (χ1n) is 6.67. The Morgan fingerprint density at radius 3 is 2.94 bits per heavy atom. The molecule has 100 valence electrons. The Balaban J connectivity index is 1.78. The van der Waals surface area contributed by atoms with Gasteiger partial charge in [-0.05, 0) is 24.5 Å². The molecule has 0 spiro atoms. The monoisotopic (exact) mass is 267 g/mol. The van der Waals surface area contributed by atoms with Crippen LogP contribution in [-0.4, -0.2) is 24.6 Å². The molecule has 2 rings (SSSR count). The summed E-state index contributed by atoms with van der Waals surface area (Å²) >= 11 is 6.21. The number of rotatable bonds is 5. The summed E-state index contributed by atoms with van der Waals surface area (Å²) in [7, 11) is 0. The van der Waals surface area contributed by atoms with Crippen molar-refractivity contribution in [3.05, 3.63) is 29.3 Å². The third-order valence-corrected chi connectivity index (χ3v) is 4.05. The average Bonchev–Trinajstić information content (AvgIpc) is 2.70. The van der Waals surface area contributed by atoms with E-state index >= 15 is 0 Å². The van der Waals surface area contributed by atoms with E-state index in [1.54, 1.807) is 0 Å². The largest absolute Gasteiger partial charge is 0.488 e. The average molecular weight is 268 g/mol. The summed E-state index contributed by atoms with van der Waals surface area (Å²) in [6, 6.07) is 6.39. The molecule has 2 atom stereocenters. The van der Waals surface area contributed by atoms with Gasteiger partial charge in [0.1, 0.15) is 11.9 Å². The van der Waals surface area contributed by atoms with Crippen LogP contribution in [0.3, 0.4) is 0 Å². The van der Waals surface area contributed by atoms with Crippen LogP contribution in [0.15, 0.2) is 18.2 Å². The lowest BCUT2D eigenvalue weighted by Gasteiger charge is -2.16. The Morgan fingerprint density at radius 2 is 2.22 bits per heavy atom. The molecule has 0 aromatic heterocycles. The molecule has 0 saturated heterocycles. The molecule has 1 N–H and O–H groups in total. The zero-order valence-corrected chi connectivity index (χ0v) is 12.1. The van der Waals surface area contributed by atoms with Gasteiger partial charge < -0.3 is 10.1 Å². The summed E-state index contributed by atoms with van der Waals surface area (Å²) in [6.45, 7) is 8.11. The number of hydrogen-bond donors (Lipinski definition) is 1. The molecule has 3 heteroatoms. The molecule has 1 heterocycles. The number of halogens is 1. The molecule has 0 bridgehead atoms. The number of fused-ring (bicyclic) bond motifs is 1. The smallest absolute Gasteiger partial charge is 0.123 e. The van der Waals surface area contributed by atoms with Crippen LogP contribution in [0.5, 0.6) is 5.75 Å². The molecule has 1 aliphatic rings. The van der Waals surface area contributed by atoms with Crippen molar-refractivity contribution in [3.8, 4) is 5.75 Å². The van der Waals surface area contributed by atoms with Gasteiger partial charge in [-0.15, -0.1) is 11.6 Å². The highest BCUT2D eigenvalue weighted by Gasteiger charge is 2.22. The van der Waals surface area contributed by atoms with E-state index in [4.69, 9.17) is 16.3 Å². The predicted molar refractivity (Wildman–Crippen MR) is 76.6 cm³/mol. The molecule has 1 aromatic rings. The number of benzene rings is 1. The highest BCUT2D eigenvalue weighted by molar-refractivity contribution is 6.20. The van der Waals surface area contributed by atoms with Crippen molar-refractivity contribution in [2.75, 3.05) is 13.1 Å². The Hall–Kier alpha value is -0.730. The fourth-order valence-corrected chi connectivity index (χ4v) is 2.29. The zero-order valence-electron chi connectivity index (χ0n) is 11.4. The third kappa shape index (κ3) is 3.39. The second-order valence-corrected chi connectivity index (χ2v) is 6.03. The van der Waals surface area contributed by atoms with Crippen LogP contribution in [0.4, 0.5) is 0 Å². The first kappa shape index (κ1) is 13.7. The van der Waals surface area contributed by atoms with Crippen molar-refractivity contribution in [2.45, 2.75) is 38.7 Å². The quantitative estimate of drug-likeness (QED) is 0.828. The van der Waals surface area contributed by atoms with E-state index in [1.807, 2.05) is 0 Å². The van der Waals surface area contributed by atoms with Gasteiger partial charge in [0.05, 0.1) is 0 Å². The van der Waals surface area contributed by atoms with Crippen molar-refractivity contribution >= 4 is 11.6 Å². The zero-order chi connectivity index (χ0) is 13.1. The lowest BCUT2D eigenvalue weighted by molar-refractivity contribution is 0.227. The van der Waals surface area contributed by atoms with Gasteiger partial charge in [0, 0.05) is 24.9 Å². The minimum absolute atomic E-state index is 0.191. The van der Waals surface area contributed by atoms with Crippen LogP contribution in [0.2, 0.25) is 0 Å². The third-order valence-electron chi connectivity index (χ3n) is 3.39. The van der Waals surface area contributed by atoms with Crippen molar-refractivity contribution in [3.63, 3.8) is 0 Å². The molecular weight excluding hydrogens is 246 g/mol. The maximum atomic E-state index is 6.21. The standard InChI is InChI=1S/C15H22ClNO/c1-10(2)14(16)9-17-8-13-7-12-6-11(3)4-5-15(12)18-13/h4-6,10,13-14,17H,7-9H2,1-3H3. The van der Waals surface area contributed by atoms with Gasteiger partial charge in [0.25, 0.3) is 0 Å². The van der Waals surface area contributed by atoms with Gasteiger partial charge in [-0.2, -0.15) is 0 Å². The number of alkyl halides is 1. The van der Waals surface area contributed by atoms with E-state index in [0.717, 1.165) is 25.3 Å². The Labute approximate surface area is 115 Å². The summed E-state index contributed by atoms with van der Waals surface area (Å²) in [6.07, 6.45) is 1.25. The van der Waals surface area contributed by atoms with Crippen molar-refractivity contribution in [1.29, 1.82) is 0 Å². The van der Waals surface area contributed by atoms with E-state index in [1.165, 1.54) is 11.1 Å². The van der Waals surface area contributed by atoms with Crippen LogP contribution < -0.4 is 10.1 Å². The van der Waals surface area contributed by atoms with Crippen LogP contribution in [0.1, 0.15) is 25.0 Å². The number of aryl methyl sites for hydroxylation is 1.